The normalized spacial score (nSPS) is 12.6. The fourth-order valence-electron chi connectivity index (χ4n) is 2.79. The second-order valence-electron chi connectivity index (χ2n) is 5.51. The molecule has 0 amide bonds. The minimum atomic E-state index is -0.161. The van der Waals surface area contributed by atoms with E-state index in [1.54, 1.807) is 6.07 Å². The van der Waals surface area contributed by atoms with E-state index in [0.29, 0.717) is 12.1 Å². The quantitative estimate of drug-likeness (QED) is 0.755. The Morgan fingerprint density at radius 3 is 2.30 bits per heavy atom. The molecular formula is C19H24ClFN2. The highest BCUT2D eigenvalue weighted by atomic mass is 35.5. The molecule has 0 bridgehead atoms. The van der Waals surface area contributed by atoms with Crippen LogP contribution >= 0.6 is 11.6 Å². The fraction of sp³-hybridized carbons (Fsp3) is 0.368. The van der Waals surface area contributed by atoms with Gasteiger partial charge in [-0.1, -0.05) is 55.8 Å². The third kappa shape index (κ3) is 5.03. The fourth-order valence-corrected chi connectivity index (χ4v) is 2.92. The van der Waals surface area contributed by atoms with Gasteiger partial charge in [-0.2, -0.15) is 0 Å². The molecule has 1 N–H and O–H groups in total. The summed E-state index contributed by atoms with van der Waals surface area (Å²) in [7, 11) is 0. The van der Waals surface area contributed by atoms with Gasteiger partial charge in [0.2, 0.25) is 0 Å². The highest BCUT2D eigenvalue weighted by Crippen LogP contribution is 2.22. The maximum absolute atomic E-state index is 13.7. The summed E-state index contributed by atoms with van der Waals surface area (Å²) in [5, 5.41) is 4.13. The third-order valence-electron chi connectivity index (χ3n) is 4.12. The lowest BCUT2D eigenvalue weighted by Crippen LogP contribution is -2.35. The van der Waals surface area contributed by atoms with Crippen LogP contribution in [0.25, 0.3) is 0 Å². The first-order chi connectivity index (χ1) is 11.2. The highest BCUT2D eigenvalue weighted by molar-refractivity contribution is 6.30. The molecule has 1 atom stereocenters. The molecule has 0 spiro atoms. The maximum atomic E-state index is 13.7. The van der Waals surface area contributed by atoms with E-state index in [4.69, 9.17) is 11.6 Å². The Morgan fingerprint density at radius 2 is 1.70 bits per heavy atom. The average molecular weight is 335 g/mol. The smallest absolute Gasteiger partial charge is 0.127 e. The number of benzene rings is 2. The minimum absolute atomic E-state index is 0.161. The monoisotopic (exact) mass is 334 g/mol. The molecule has 2 aromatic carbocycles. The van der Waals surface area contributed by atoms with E-state index in [1.807, 2.05) is 24.3 Å². The van der Waals surface area contributed by atoms with Gasteiger partial charge in [0.05, 0.1) is 0 Å². The van der Waals surface area contributed by atoms with Crippen LogP contribution < -0.4 is 5.32 Å². The van der Waals surface area contributed by atoms with Gasteiger partial charge in [-0.15, -0.1) is 0 Å². The second kappa shape index (κ2) is 9.02. The van der Waals surface area contributed by atoms with Gasteiger partial charge in [-0.25, -0.2) is 4.39 Å². The molecule has 23 heavy (non-hydrogen) atoms. The van der Waals surface area contributed by atoms with Gasteiger partial charge >= 0.3 is 0 Å². The Kier molecular flexibility index (Phi) is 7.03. The van der Waals surface area contributed by atoms with Gasteiger partial charge in [0.25, 0.3) is 0 Å². The zero-order chi connectivity index (χ0) is 16.7. The van der Waals surface area contributed by atoms with Gasteiger partial charge in [0.15, 0.2) is 0 Å². The van der Waals surface area contributed by atoms with Crippen molar-refractivity contribution >= 4 is 11.6 Å². The van der Waals surface area contributed by atoms with E-state index >= 15 is 0 Å². The summed E-state index contributed by atoms with van der Waals surface area (Å²) in [4.78, 5) is 2.39. The Labute approximate surface area is 143 Å². The van der Waals surface area contributed by atoms with Crippen molar-refractivity contribution in [3.63, 3.8) is 0 Å². The molecule has 0 aromatic heterocycles. The Hall–Kier alpha value is -1.42. The number of rotatable bonds is 8. The van der Waals surface area contributed by atoms with Crippen molar-refractivity contribution in [1.82, 2.24) is 10.2 Å². The van der Waals surface area contributed by atoms with Crippen LogP contribution in [0, 0.1) is 5.82 Å². The largest absolute Gasteiger partial charge is 0.311 e. The Bertz CT molecular complexity index is 597. The molecule has 2 rings (SSSR count). The van der Waals surface area contributed by atoms with Gasteiger partial charge in [-0.05, 0) is 36.9 Å². The van der Waals surface area contributed by atoms with Gasteiger partial charge < -0.3 is 5.32 Å². The van der Waals surface area contributed by atoms with Crippen LogP contribution in [0.2, 0.25) is 5.02 Å². The van der Waals surface area contributed by atoms with Crippen LogP contribution in [-0.4, -0.2) is 24.5 Å². The molecule has 0 radical (unpaired) electrons. The molecule has 2 aromatic rings. The van der Waals surface area contributed by atoms with Crippen molar-refractivity contribution in [1.29, 1.82) is 0 Å². The summed E-state index contributed by atoms with van der Waals surface area (Å²) in [5.41, 5.74) is 1.92. The van der Waals surface area contributed by atoms with Crippen molar-refractivity contribution < 1.29 is 4.39 Å². The van der Waals surface area contributed by atoms with E-state index in [2.05, 4.69) is 36.2 Å². The number of halogens is 2. The molecule has 0 saturated heterocycles. The topological polar surface area (TPSA) is 15.3 Å². The molecule has 124 valence electrons. The van der Waals surface area contributed by atoms with E-state index in [9.17, 15) is 4.39 Å². The number of nitrogens with zero attached hydrogens (tertiary/aromatic N) is 1. The Morgan fingerprint density at radius 1 is 1.04 bits per heavy atom. The first kappa shape index (κ1) is 17.9. The van der Waals surface area contributed by atoms with E-state index < -0.39 is 0 Å². The standard InChI is InChI=1S/C19H24ClFN2/c1-3-23(4-2)19(15-9-11-17(20)12-10-15)14-22-13-16-7-5-6-8-18(16)21/h5-12,19,22H,3-4,13-14H2,1-2H3. The van der Waals surface area contributed by atoms with Crippen LogP contribution in [0.1, 0.15) is 31.0 Å². The van der Waals surface area contributed by atoms with E-state index in [0.717, 1.165) is 24.7 Å². The third-order valence-corrected chi connectivity index (χ3v) is 4.37. The lowest BCUT2D eigenvalue weighted by Gasteiger charge is -2.30. The van der Waals surface area contributed by atoms with Crippen molar-refractivity contribution in [2.24, 2.45) is 0 Å². The summed E-state index contributed by atoms with van der Waals surface area (Å²) in [6, 6.07) is 15.1. The average Bonchev–Trinajstić information content (AvgIpc) is 2.57. The summed E-state index contributed by atoms with van der Waals surface area (Å²) >= 11 is 5.99. The molecule has 0 aliphatic rings. The molecule has 0 heterocycles. The molecule has 4 heteroatoms. The number of hydrogen-bond acceptors (Lipinski definition) is 2. The molecule has 0 fully saturated rings. The highest BCUT2D eigenvalue weighted by Gasteiger charge is 2.17. The number of likely N-dealkylation sites (N-methyl/N-ethyl adjacent to an activating group) is 1. The van der Waals surface area contributed by atoms with Crippen LogP contribution in [0.15, 0.2) is 48.5 Å². The maximum Gasteiger partial charge on any atom is 0.127 e. The molecule has 0 saturated carbocycles. The van der Waals surface area contributed by atoms with Crippen molar-refractivity contribution in [3.05, 3.63) is 70.5 Å². The lowest BCUT2D eigenvalue weighted by molar-refractivity contribution is 0.213. The molecule has 2 nitrogen and oxygen atoms in total. The molecule has 0 aliphatic heterocycles. The first-order valence-corrected chi connectivity index (χ1v) is 8.47. The second-order valence-corrected chi connectivity index (χ2v) is 5.95. The van der Waals surface area contributed by atoms with Crippen LogP contribution in [0.5, 0.6) is 0 Å². The van der Waals surface area contributed by atoms with Crippen molar-refractivity contribution in [2.75, 3.05) is 19.6 Å². The molecule has 1 unspecified atom stereocenters. The Balaban J connectivity index is 2.06. The lowest BCUT2D eigenvalue weighted by atomic mass is 10.0. The summed E-state index contributed by atoms with van der Waals surface area (Å²) < 4.78 is 13.7. The van der Waals surface area contributed by atoms with Gasteiger partial charge in [-0.3, -0.25) is 4.90 Å². The van der Waals surface area contributed by atoms with Crippen LogP contribution in [0.3, 0.4) is 0 Å². The SMILES string of the molecule is CCN(CC)C(CNCc1ccccc1F)c1ccc(Cl)cc1. The van der Waals surface area contributed by atoms with Crippen molar-refractivity contribution in [2.45, 2.75) is 26.4 Å². The zero-order valence-corrected chi connectivity index (χ0v) is 14.5. The predicted molar refractivity (Wildman–Crippen MR) is 95.2 cm³/mol. The van der Waals surface area contributed by atoms with Crippen LogP contribution in [0.4, 0.5) is 4.39 Å². The van der Waals surface area contributed by atoms with Gasteiger partial charge in [0.1, 0.15) is 5.82 Å². The predicted octanol–water partition coefficient (Wildman–Crippen LogP) is 4.65. The minimum Gasteiger partial charge on any atom is -0.311 e. The zero-order valence-electron chi connectivity index (χ0n) is 13.7. The number of nitrogens with one attached hydrogen (secondary N) is 1. The summed E-state index contributed by atoms with van der Waals surface area (Å²) in [5.74, 6) is -0.161. The first-order valence-electron chi connectivity index (χ1n) is 8.09. The summed E-state index contributed by atoms with van der Waals surface area (Å²) in [6.07, 6.45) is 0. The van der Waals surface area contributed by atoms with E-state index in [1.165, 1.54) is 11.6 Å². The van der Waals surface area contributed by atoms with Crippen molar-refractivity contribution in [3.8, 4) is 0 Å². The molecular weight excluding hydrogens is 311 g/mol. The van der Waals surface area contributed by atoms with Gasteiger partial charge in [0, 0.05) is 29.7 Å². The molecule has 0 aliphatic carbocycles. The van der Waals surface area contributed by atoms with Crippen LogP contribution in [-0.2, 0) is 6.54 Å². The summed E-state index contributed by atoms with van der Waals surface area (Å²) in [6.45, 7) is 7.53. The number of hydrogen-bond donors (Lipinski definition) is 1. The van der Waals surface area contributed by atoms with E-state index in [-0.39, 0.29) is 11.9 Å².